The number of carbonyl (C=O) groups is 9. The number of carboxylic acids is 2. The molecule has 0 spiro atoms. The molecule has 0 radical (unpaired) electrons. The van der Waals surface area contributed by atoms with Crippen LogP contribution >= 0.6 is 0 Å². The lowest BCUT2D eigenvalue weighted by Gasteiger charge is -2.24. The molecule has 3 aliphatic heterocycles. The van der Waals surface area contributed by atoms with Crippen molar-refractivity contribution in [2.45, 2.75) is 123 Å². The number of carbonyl (C=O) groups excluding carboxylic acids is 7. The predicted octanol–water partition coefficient (Wildman–Crippen LogP) is 4.61. The molecular formula is C53H64N6O15. The monoisotopic (exact) mass is 1020 g/mol. The van der Waals surface area contributed by atoms with Crippen molar-refractivity contribution in [1.82, 2.24) is 25.3 Å². The maximum atomic E-state index is 13.3. The molecule has 3 aliphatic rings. The van der Waals surface area contributed by atoms with Crippen LogP contribution < -0.4 is 34.9 Å². The fourth-order valence-corrected chi connectivity index (χ4v) is 8.46. The summed E-state index contributed by atoms with van der Waals surface area (Å²) in [5.41, 5.74) is 4.62. The molecule has 0 unspecified atom stereocenters. The lowest BCUT2D eigenvalue weighted by molar-refractivity contribution is -0.141. The van der Waals surface area contributed by atoms with Crippen LogP contribution in [0.4, 0.5) is 5.69 Å². The minimum absolute atomic E-state index is 0.0872. The van der Waals surface area contributed by atoms with Gasteiger partial charge in [0.2, 0.25) is 29.5 Å². The second-order valence-corrected chi connectivity index (χ2v) is 18.6. The van der Waals surface area contributed by atoms with Crippen LogP contribution in [-0.2, 0) is 75.9 Å². The molecule has 21 heteroatoms. The highest BCUT2D eigenvalue weighted by Gasteiger charge is 2.30. The van der Waals surface area contributed by atoms with Crippen LogP contribution in [0.15, 0.2) is 60.7 Å². The van der Waals surface area contributed by atoms with Gasteiger partial charge in [-0.25, -0.2) is 0 Å². The van der Waals surface area contributed by atoms with Crippen LogP contribution in [0.5, 0.6) is 23.0 Å². The van der Waals surface area contributed by atoms with Crippen molar-refractivity contribution in [3.63, 3.8) is 0 Å². The Morgan fingerprint density at radius 1 is 0.595 bits per heavy atom. The molecule has 3 aromatic rings. The van der Waals surface area contributed by atoms with Crippen molar-refractivity contribution in [2.24, 2.45) is 5.92 Å². The Hall–Kier alpha value is -7.97. The number of benzene rings is 3. The van der Waals surface area contributed by atoms with Crippen molar-refractivity contribution in [1.29, 1.82) is 0 Å². The first-order chi connectivity index (χ1) is 35.4. The van der Waals surface area contributed by atoms with E-state index in [9.17, 15) is 43.2 Å². The Labute approximate surface area is 428 Å². The molecule has 6 rings (SSSR count). The molecule has 21 nitrogen and oxygen atoms in total. The predicted molar refractivity (Wildman–Crippen MR) is 265 cm³/mol. The molecule has 5 N–H and O–H groups in total. The highest BCUT2D eigenvalue weighted by atomic mass is 16.5. The fraction of sp³-hybridized carbons (Fsp3) is 0.453. The zero-order valence-electron chi connectivity index (χ0n) is 42.1. The average molecular weight is 1030 g/mol. The molecule has 0 aliphatic carbocycles. The number of nitrogens with zero attached hydrogens (tertiary/aromatic N) is 3. The molecule has 0 fully saturated rings. The van der Waals surface area contributed by atoms with Gasteiger partial charge in [-0.05, 0) is 89.9 Å². The van der Waals surface area contributed by atoms with E-state index in [4.69, 9.17) is 29.2 Å². The van der Waals surface area contributed by atoms with E-state index in [0.29, 0.717) is 67.5 Å². The first-order valence-corrected chi connectivity index (χ1v) is 24.6. The smallest absolute Gasteiger partial charge is 0.303 e. The van der Waals surface area contributed by atoms with Crippen molar-refractivity contribution in [3.8, 4) is 23.0 Å². The van der Waals surface area contributed by atoms with Crippen LogP contribution in [0.1, 0.15) is 106 Å². The summed E-state index contributed by atoms with van der Waals surface area (Å²) in [5.74, 6) is -3.12. The second-order valence-electron chi connectivity index (χ2n) is 18.6. The van der Waals surface area contributed by atoms with E-state index in [0.717, 1.165) is 32.7 Å². The van der Waals surface area contributed by atoms with Crippen LogP contribution in [0.25, 0.3) is 0 Å². The molecular weight excluding hydrogens is 961 g/mol. The van der Waals surface area contributed by atoms with Crippen molar-refractivity contribution >= 4 is 59.0 Å². The SMILES string of the molecule is COc1cc2c(cc1OCCCOc1cc3c(cc1OCc1ccc(NC(=O)[C@H](C)NC(=O)[C@@H](NC(=O)CCCCCN4C(=O)C=CC4=O)C(C)C)cc1)CN(C(=O)CCC(=O)O)C3)CN(C(=O)CCC(=O)O)C2. The number of amides is 7. The number of aliphatic carboxylic acids is 2. The van der Waals surface area contributed by atoms with E-state index in [-0.39, 0.29) is 107 Å². The third-order valence-corrected chi connectivity index (χ3v) is 12.6. The molecule has 74 heavy (non-hydrogen) atoms. The number of methoxy groups -OCH3 is 1. The summed E-state index contributed by atoms with van der Waals surface area (Å²) in [4.78, 5) is 115. The first-order valence-electron chi connectivity index (χ1n) is 24.6. The zero-order valence-corrected chi connectivity index (χ0v) is 42.1. The summed E-state index contributed by atoms with van der Waals surface area (Å²) in [6, 6.07) is 12.3. The molecule has 3 heterocycles. The number of anilines is 1. The summed E-state index contributed by atoms with van der Waals surface area (Å²) in [6.07, 6.45) is 3.95. The topological polar surface area (TPSA) is 277 Å². The number of fused-ring (bicyclic) bond motifs is 2. The minimum atomic E-state index is -1.06. The average Bonchev–Trinajstić information content (AvgIpc) is 4.08. The Balaban J connectivity index is 0.998. The van der Waals surface area contributed by atoms with E-state index in [1.165, 1.54) is 26.2 Å². The summed E-state index contributed by atoms with van der Waals surface area (Å²) >= 11 is 0. The van der Waals surface area contributed by atoms with Crippen LogP contribution in [0.3, 0.4) is 0 Å². The number of rotatable bonds is 28. The molecule has 0 saturated heterocycles. The van der Waals surface area contributed by atoms with Crippen LogP contribution in [0.2, 0.25) is 0 Å². The Kier molecular flexibility index (Phi) is 19.5. The van der Waals surface area contributed by atoms with E-state index in [1.54, 1.807) is 47.9 Å². The number of carboxylic acid groups (broad SMARTS) is 2. The third kappa shape index (κ3) is 15.5. The Bertz CT molecular complexity index is 2610. The standard InChI is InChI=1S/C53H64N6O15/c1-32(2)51(56-44(60)9-6-5-7-20-59-47(63)14-15-48(59)64)53(70)54-33(3)52(69)55-39-12-10-34(11-13-39)31-74-43-26-38-30-58(46(62)17-19-50(67)68)29-37(38)25-42(43)73-22-8-21-72-41-24-36-28-57(45(61)16-18-49(65)66)27-35(36)23-40(41)71-4/h10-15,23-26,32-33,51H,5-9,16-22,27-31H2,1-4H3,(H,54,70)(H,55,69)(H,56,60)(H,65,66)(H,67,68)/t33-,51-/m0/s1. The van der Waals surface area contributed by atoms with Gasteiger partial charge in [-0.3, -0.25) is 48.1 Å². The third-order valence-electron chi connectivity index (χ3n) is 12.6. The second kappa shape index (κ2) is 26.1. The quantitative estimate of drug-likeness (QED) is 0.0491. The number of unbranched alkanes of at least 4 members (excludes halogenated alkanes) is 2. The fourth-order valence-electron chi connectivity index (χ4n) is 8.46. The highest BCUT2D eigenvalue weighted by molar-refractivity contribution is 6.12. The van der Waals surface area contributed by atoms with Crippen molar-refractivity contribution < 1.29 is 72.3 Å². The highest BCUT2D eigenvalue weighted by Crippen LogP contribution is 2.38. The van der Waals surface area contributed by atoms with Gasteiger partial charge < -0.3 is 54.9 Å². The largest absolute Gasteiger partial charge is 0.493 e. The molecule has 0 bridgehead atoms. The van der Waals surface area contributed by atoms with Gasteiger partial charge in [0.1, 0.15) is 18.7 Å². The van der Waals surface area contributed by atoms with Gasteiger partial charge in [-0.1, -0.05) is 32.4 Å². The van der Waals surface area contributed by atoms with Crippen LogP contribution in [0, 0.1) is 5.92 Å². The molecule has 3 aromatic carbocycles. The van der Waals surface area contributed by atoms with Gasteiger partial charge in [0, 0.05) is 76.2 Å². The summed E-state index contributed by atoms with van der Waals surface area (Å²) in [5, 5.41) is 26.4. The maximum absolute atomic E-state index is 13.3. The number of ether oxygens (including phenoxy) is 4. The van der Waals surface area contributed by atoms with Crippen LogP contribution in [-0.4, -0.2) is 117 Å². The summed E-state index contributed by atoms with van der Waals surface area (Å²) in [6.45, 7) is 7.13. The first kappa shape index (κ1) is 55.3. The molecule has 7 amide bonds. The molecule has 396 valence electrons. The van der Waals surface area contributed by atoms with Gasteiger partial charge >= 0.3 is 11.9 Å². The summed E-state index contributed by atoms with van der Waals surface area (Å²) in [7, 11) is 1.52. The van der Waals surface area contributed by atoms with Gasteiger partial charge in [0.15, 0.2) is 23.0 Å². The lowest BCUT2D eigenvalue weighted by Crippen LogP contribution is -2.53. The van der Waals surface area contributed by atoms with Crippen molar-refractivity contribution in [3.05, 3.63) is 88.5 Å². The van der Waals surface area contributed by atoms with E-state index < -0.39 is 35.8 Å². The van der Waals surface area contributed by atoms with Gasteiger partial charge in [0.25, 0.3) is 11.8 Å². The number of hydrogen-bond acceptors (Lipinski definition) is 13. The molecule has 0 aromatic heterocycles. The van der Waals surface area contributed by atoms with E-state index in [1.807, 2.05) is 24.3 Å². The lowest BCUT2D eigenvalue weighted by atomic mass is 10.0. The minimum Gasteiger partial charge on any atom is -0.493 e. The van der Waals surface area contributed by atoms with E-state index >= 15 is 0 Å². The number of imide groups is 1. The Morgan fingerprint density at radius 2 is 1.09 bits per heavy atom. The zero-order chi connectivity index (χ0) is 53.5. The Morgan fingerprint density at radius 3 is 1.59 bits per heavy atom. The maximum Gasteiger partial charge on any atom is 0.303 e. The number of nitrogens with one attached hydrogen (secondary N) is 3. The van der Waals surface area contributed by atoms with Gasteiger partial charge in [-0.2, -0.15) is 0 Å². The molecule has 0 saturated carbocycles. The van der Waals surface area contributed by atoms with E-state index in [2.05, 4.69) is 16.0 Å². The summed E-state index contributed by atoms with van der Waals surface area (Å²) < 4.78 is 24.2. The van der Waals surface area contributed by atoms with Crippen molar-refractivity contribution in [2.75, 3.05) is 32.2 Å². The van der Waals surface area contributed by atoms with Gasteiger partial charge in [-0.15, -0.1) is 0 Å². The normalized spacial score (nSPS) is 14.3. The molecule has 2 atom stereocenters. The van der Waals surface area contributed by atoms with Gasteiger partial charge in [0.05, 0.1) is 33.2 Å². The number of hydrogen-bond donors (Lipinski definition) is 5.